The quantitative estimate of drug-likeness (QED) is 0.414. The van der Waals surface area contributed by atoms with Crippen LogP contribution < -0.4 is 10.9 Å². The molecule has 4 rings (SSSR count). The van der Waals surface area contributed by atoms with Crippen LogP contribution in [0.3, 0.4) is 0 Å². The third kappa shape index (κ3) is 4.59. The van der Waals surface area contributed by atoms with Crippen LogP contribution in [0.2, 0.25) is 0 Å². The predicted octanol–water partition coefficient (Wildman–Crippen LogP) is 3.85. The Morgan fingerprint density at radius 3 is 2.50 bits per heavy atom. The first-order valence-electron chi connectivity index (χ1n) is 10.4. The van der Waals surface area contributed by atoms with Gasteiger partial charge in [-0.25, -0.2) is 9.07 Å². The second kappa shape index (κ2) is 9.78. The number of thiocarbonyl (C=S) groups is 1. The summed E-state index contributed by atoms with van der Waals surface area (Å²) >= 11 is 6.35. The molecule has 0 atom stereocenters. The zero-order valence-electron chi connectivity index (χ0n) is 18.4. The molecule has 7 nitrogen and oxygen atoms in total. The van der Waals surface area contributed by atoms with Crippen molar-refractivity contribution in [2.45, 2.75) is 13.3 Å². The van der Waals surface area contributed by atoms with Gasteiger partial charge in [-0.2, -0.15) is 0 Å². The van der Waals surface area contributed by atoms with Crippen LogP contribution in [-0.4, -0.2) is 36.9 Å². The molecule has 1 N–H and O–H groups in total. The van der Waals surface area contributed by atoms with Gasteiger partial charge >= 0.3 is 0 Å². The summed E-state index contributed by atoms with van der Waals surface area (Å²) in [6, 6.07) is 15.2. The SMILES string of the molecule is Cc1c(NC(=O)CCN2C(=O)C(=Cc3ccccc3F)SC2=S)c(=O)n(-c2ccccc2)n1C. The molecule has 10 heteroatoms. The summed E-state index contributed by atoms with van der Waals surface area (Å²) in [4.78, 5) is 40.0. The van der Waals surface area contributed by atoms with E-state index in [4.69, 9.17) is 12.2 Å². The van der Waals surface area contributed by atoms with Gasteiger partial charge in [0.1, 0.15) is 15.8 Å². The number of para-hydroxylation sites is 1. The van der Waals surface area contributed by atoms with Crippen molar-refractivity contribution >= 4 is 51.9 Å². The Balaban J connectivity index is 1.45. The Morgan fingerprint density at radius 1 is 1.12 bits per heavy atom. The topological polar surface area (TPSA) is 76.3 Å². The van der Waals surface area contributed by atoms with Crippen molar-refractivity contribution in [3.8, 4) is 5.69 Å². The lowest BCUT2D eigenvalue weighted by Crippen LogP contribution is -2.32. The molecule has 2 amide bonds. The van der Waals surface area contributed by atoms with Gasteiger partial charge in [-0.05, 0) is 31.2 Å². The summed E-state index contributed by atoms with van der Waals surface area (Å²) < 4.78 is 17.4. The highest BCUT2D eigenvalue weighted by atomic mass is 32.2. The predicted molar refractivity (Wildman–Crippen MR) is 135 cm³/mol. The van der Waals surface area contributed by atoms with E-state index < -0.39 is 11.7 Å². The number of carbonyl (C=O) groups excluding carboxylic acids is 2. The van der Waals surface area contributed by atoms with Crippen LogP contribution >= 0.6 is 24.0 Å². The third-order valence-corrected chi connectivity index (χ3v) is 6.82. The molecule has 0 bridgehead atoms. The number of anilines is 1. The fourth-order valence-corrected chi connectivity index (χ4v) is 4.85. The fourth-order valence-electron chi connectivity index (χ4n) is 3.55. The molecular weight excluding hydrogens is 475 g/mol. The highest BCUT2D eigenvalue weighted by Gasteiger charge is 2.32. The molecule has 1 saturated heterocycles. The number of nitrogens with zero attached hydrogens (tertiary/aromatic N) is 3. The summed E-state index contributed by atoms with van der Waals surface area (Å²) in [5, 5.41) is 2.68. The number of hydrogen-bond acceptors (Lipinski definition) is 5. The average molecular weight is 497 g/mol. The number of nitrogens with one attached hydrogen (secondary N) is 1. The molecule has 0 unspecified atom stereocenters. The largest absolute Gasteiger partial charge is 0.320 e. The third-order valence-electron chi connectivity index (χ3n) is 5.45. The first-order chi connectivity index (χ1) is 16.3. The van der Waals surface area contributed by atoms with Crippen molar-refractivity contribution in [1.82, 2.24) is 14.3 Å². The summed E-state index contributed by atoms with van der Waals surface area (Å²) in [5.74, 6) is -1.24. The minimum atomic E-state index is -0.438. The van der Waals surface area contributed by atoms with E-state index in [1.165, 1.54) is 21.7 Å². The summed E-state index contributed by atoms with van der Waals surface area (Å²) in [7, 11) is 1.74. The van der Waals surface area contributed by atoms with Crippen molar-refractivity contribution in [1.29, 1.82) is 0 Å². The van der Waals surface area contributed by atoms with E-state index in [1.807, 2.05) is 18.2 Å². The first-order valence-corrected chi connectivity index (χ1v) is 11.6. The molecule has 1 aromatic heterocycles. The van der Waals surface area contributed by atoms with Crippen LogP contribution in [0.15, 0.2) is 64.3 Å². The molecule has 0 aliphatic carbocycles. The van der Waals surface area contributed by atoms with E-state index in [-0.39, 0.29) is 35.7 Å². The maximum atomic E-state index is 13.9. The van der Waals surface area contributed by atoms with E-state index in [0.717, 1.165) is 11.8 Å². The Bertz CT molecular complexity index is 1380. The Kier molecular flexibility index (Phi) is 6.80. The van der Waals surface area contributed by atoms with Gasteiger partial charge in [-0.1, -0.05) is 60.4 Å². The lowest BCUT2D eigenvalue weighted by atomic mass is 10.2. The van der Waals surface area contributed by atoms with Gasteiger partial charge in [0.05, 0.1) is 16.3 Å². The highest BCUT2D eigenvalue weighted by molar-refractivity contribution is 8.26. The molecule has 2 aromatic carbocycles. The lowest BCUT2D eigenvalue weighted by Gasteiger charge is -2.13. The Morgan fingerprint density at radius 2 is 1.79 bits per heavy atom. The van der Waals surface area contributed by atoms with Gasteiger partial charge in [0.2, 0.25) is 5.91 Å². The number of thioether (sulfide) groups is 1. The zero-order chi connectivity index (χ0) is 24.4. The number of benzene rings is 2. The molecule has 1 aliphatic rings. The van der Waals surface area contributed by atoms with Crippen molar-refractivity contribution in [3.63, 3.8) is 0 Å². The van der Waals surface area contributed by atoms with Crippen molar-refractivity contribution in [3.05, 3.63) is 86.9 Å². The molecule has 1 fully saturated rings. The van der Waals surface area contributed by atoms with Crippen LogP contribution in [0.4, 0.5) is 10.1 Å². The van der Waals surface area contributed by atoms with Crippen molar-refractivity contribution in [2.24, 2.45) is 7.05 Å². The maximum absolute atomic E-state index is 13.9. The van der Waals surface area contributed by atoms with Crippen LogP contribution in [-0.2, 0) is 16.6 Å². The zero-order valence-corrected chi connectivity index (χ0v) is 20.1. The Hall–Kier alpha value is -3.50. The van der Waals surface area contributed by atoms with Crippen LogP contribution in [0, 0.1) is 12.7 Å². The normalized spacial score (nSPS) is 14.8. The van der Waals surface area contributed by atoms with E-state index in [2.05, 4.69) is 5.32 Å². The summed E-state index contributed by atoms with van der Waals surface area (Å²) in [6.45, 7) is 1.79. The average Bonchev–Trinajstić information content (AvgIpc) is 3.20. The van der Waals surface area contributed by atoms with Crippen molar-refractivity contribution < 1.29 is 14.0 Å². The number of amides is 2. The molecule has 2 heterocycles. The number of rotatable bonds is 6. The molecule has 0 saturated carbocycles. The van der Waals surface area contributed by atoms with Crippen LogP contribution in [0.1, 0.15) is 17.7 Å². The smallest absolute Gasteiger partial charge is 0.295 e. The van der Waals surface area contributed by atoms with Gasteiger partial charge in [0, 0.05) is 25.6 Å². The van der Waals surface area contributed by atoms with E-state index in [1.54, 1.807) is 49.0 Å². The highest BCUT2D eigenvalue weighted by Crippen LogP contribution is 2.33. The van der Waals surface area contributed by atoms with E-state index in [0.29, 0.717) is 20.6 Å². The minimum absolute atomic E-state index is 0.0455. The Labute approximate surface area is 204 Å². The van der Waals surface area contributed by atoms with Gasteiger partial charge < -0.3 is 5.32 Å². The maximum Gasteiger partial charge on any atom is 0.295 e. The van der Waals surface area contributed by atoms with Gasteiger partial charge in [0.25, 0.3) is 11.5 Å². The lowest BCUT2D eigenvalue weighted by molar-refractivity contribution is -0.122. The second-order valence-electron chi connectivity index (χ2n) is 7.59. The van der Waals surface area contributed by atoms with Crippen LogP contribution in [0.5, 0.6) is 0 Å². The van der Waals surface area contributed by atoms with E-state index >= 15 is 0 Å². The summed E-state index contributed by atoms with van der Waals surface area (Å²) in [5.41, 5.74) is 1.40. The molecule has 3 aromatic rings. The number of halogens is 1. The fraction of sp³-hybridized carbons (Fsp3) is 0.167. The first kappa shape index (κ1) is 23.7. The van der Waals surface area contributed by atoms with E-state index in [9.17, 15) is 18.8 Å². The number of hydrogen-bond donors (Lipinski definition) is 1. The van der Waals surface area contributed by atoms with Crippen molar-refractivity contribution in [2.75, 3.05) is 11.9 Å². The number of aromatic nitrogens is 2. The van der Waals surface area contributed by atoms with Gasteiger partial charge in [0.15, 0.2) is 0 Å². The molecule has 1 aliphatic heterocycles. The second-order valence-corrected chi connectivity index (χ2v) is 9.27. The summed E-state index contributed by atoms with van der Waals surface area (Å²) in [6.07, 6.45) is 1.40. The molecule has 0 radical (unpaired) electrons. The van der Waals surface area contributed by atoms with Crippen LogP contribution in [0.25, 0.3) is 11.8 Å². The minimum Gasteiger partial charge on any atom is -0.320 e. The monoisotopic (exact) mass is 496 g/mol. The molecule has 34 heavy (non-hydrogen) atoms. The number of carbonyl (C=O) groups is 2. The standard InChI is InChI=1S/C24H21FN4O3S2/c1-15-21(23(32)29(27(15)2)17-9-4-3-5-10-17)26-20(30)12-13-28-22(31)19(34-24(28)33)14-16-8-6-7-11-18(16)25/h3-11,14H,12-13H2,1-2H3,(H,26,30). The molecular formula is C24H21FN4O3S2. The van der Waals surface area contributed by atoms with Gasteiger partial charge in [-0.15, -0.1) is 0 Å². The molecule has 0 spiro atoms. The molecule has 174 valence electrons. The van der Waals surface area contributed by atoms with Gasteiger partial charge in [-0.3, -0.25) is 24.0 Å².